The van der Waals surface area contributed by atoms with Gasteiger partial charge in [0.1, 0.15) is 0 Å². The van der Waals surface area contributed by atoms with Gasteiger partial charge in [-0.2, -0.15) is 10.2 Å². The Kier molecular flexibility index (Phi) is 6.35. The fraction of sp³-hybridized carbons (Fsp3) is 0.200. The van der Waals surface area contributed by atoms with Crippen LogP contribution in [0, 0.1) is 6.92 Å². The van der Waals surface area contributed by atoms with E-state index >= 15 is 0 Å². The molecular weight excluding hydrogens is 418 g/mol. The first-order valence-electron chi connectivity index (χ1n) is 10.5. The first-order chi connectivity index (χ1) is 16.0. The molecule has 4 rings (SSSR count). The SMILES string of the molecule is CCn1ncc(/C=N\NC(=O)c2cc(-c3ccc(OC)c(OC)c3)nc3ccccc23)c1C. The number of carbonyl (C=O) groups is 1. The number of methoxy groups -OCH3 is 2. The molecule has 0 unspecified atom stereocenters. The predicted molar refractivity (Wildman–Crippen MR) is 128 cm³/mol. The number of benzene rings is 2. The molecule has 0 spiro atoms. The van der Waals surface area contributed by atoms with E-state index in [4.69, 9.17) is 14.5 Å². The summed E-state index contributed by atoms with van der Waals surface area (Å²) in [7, 11) is 3.17. The Labute approximate surface area is 191 Å². The Bertz CT molecular complexity index is 1340. The summed E-state index contributed by atoms with van der Waals surface area (Å²) in [5, 5.41) is 9.18. The van der Waals surface area contributed by atoms with Gasteiger partial charge in [0.25, 0.3) is 5.91 Å². The highest BCUT2D eigenvalue weighted by atomic mass is 16.5. The minimum absolute atomic E-state index is 0.327. The minimum atomic E-state index is -0.327. The van der Waals surface area contributed by atoms with E-state index in [-0.39, 0.29) is 5.91 Å². The van der Waals surface area contributed by atoms with E-state index in [9.17, 15) is 4.79 Å². The zero-order valence-corrected chi connectivity index (χ0v) is 19.0. The summed E-state index contributed by atoms with van der Waals surface area (Å²) in [5.74, 6) is 0.881. The van der Waals surface area contributed by atoms with Crippen LogP contribution in [-0.2, 0) is 6.54 Å². The third-order valence-electron chi connectivity index (χ3n) is 5.45. The Morgan fingerprint density at radius 1 is 1.12 bits per heavy atom. The molecule has 8 heteroatoms. The highest BCUT2D eigenvalue weighted by molar-refractivity contribution is 6.07. The minimum Gasteiger partial charge on any atom is -0.493 e. The van der Waals surface area contributed by atoms with E-state index in [0.717, 1.165) is 28.8 Å². The number of carbonyl (C=O) groups excluding carboxylic acids is 1. The second kappa shape index (κ2) is 9.52. The Morgan fingerprint density at radius 2 is 1.91 bits per heavy atom. The molecule has 0 radical (unpaired) electrons. The third kappa shape index (κ3) is 4.41. The lowest BCUT2D eigenvalue weighted by molar-refractivity contribution is 0.0956. The van der Waals surface area contributed by atoms with Crippen LogP contribution in [0.15, 0.2) is 59.8 Å². The van der Waals surface area contributed by atoms with Crippen molar-refractivity contribution in [2.24, 2.45) is 5.10 Å². The number of nitrogens with one attached hydrogen (secondary N) is 1. The van der Waals surface area contributed by atoms with Crippen molar-refractivity contribution in [1.29, 1.82) is 0 Å². The number of hydrogen-bond acceptors (Lipinski definition) is 6. The molecule has 0 aliphatic heterocycles. The van der Waals surface area contributed by atoms with Crippen molar-refractivity contribution < 1.29 is 14.3 Å². The van der Waals surface area contributed by atoms with Crippen LogP contribution >= 0.6 is 0 Å². The lowest BCUT2D eigenvalue weighted by atomic mass is 10.0. The van der Waals surface area contributed by atoms with Crippen LogP contribution in [0.4, 0.5) is 0 Å². The lowest BCUT2D eigenvalue weighted by Gasteiger charge is -2.11. The molecule has 0 atom stereocenters. The van der Waals surface area contributed by atoms with Gasteiger partial charge in [0.15, 0.2) is 11.5 Å². The summed E-state index contributed by atoms with van der Waals surface area (Å²) in [6.07, 6.45) is 3.33. The summed E-state index contributed by atoms with van der Waals surface area (Å²) in [5.41, 5.74) is 7.10. The van der Waals surface area contributed by atoms with E-state index in [1.165, 1.54) is 0 Å². The predicted octanol–water partition coefficient (Wildman–Crippen LogP) is 4.21. The Balaban J connectivity index is 1.69. The fourth-order valence-electron chi connectivity index (χ4n) is 3.63. The third-order valence-corrected chi connectivity index (χ3v) is 5.45. The van der Waals surface area contributed by atoms with Crippen molar-refractivity contribution in [2.45, 2.75) is 20.4 Å². The van der Waals surface area contributed by atoms with Gasteiger partial charge in [-0.1, -0.05) is 18.2 Å². The summed E-state index contributed by atoms with van der Waals surface area (Å²) in [6, 6.07) is 14.8. The summed E-state index contributed by atoms with van der Waals surface area (Å²) in [6.45, 7) is 4.76. The maximum absolute atomic E-state index is 13.1. The van der Waals surface area contributed by atoms with E-state index in [0.29, 0.717) is 28.3 Å². The number of aromatic nitrogens is 3. The molecule has 1 amide bonds. The van der Waals surface area contributed by atoms with Crippen molar-refractivity contribution in [3.05, 3.63) is 71.5 Å². The van der Waals surface area contributed by atoms with Crippen LogP contribution in [0.25, 0.3) is 22.2 Å². The Morgan fingerprint density at radius 3 is 2.64 bits per heavy atom. The summed E-state index contributed by atoms with van der Waals surface area (Å²) >= 11 is 0. The van der Waals surface area contributed by atoms with Gasteiger partial charge in [0, 0.05) is 28.8 Å². The highest BCUT2D eigenvalue weighted by Crippen LogP contribution is 2.33. The number of hydrogen-bond donors (Lipinski definition) is 1. The molecule has 0 bridgehead atoms. The highest BCUT2D eigenvalue weighted by Gasteiger charge is 2.15. The van der Waals surface area contributed by atoms with Crippen LogP contribution in [0.5, 0.6) is 11.5 Å². The van der Waals surface area contributed by atoms with Crippen LogP contribution in [0.1, 0.15) is 28.5 Å². The molecule has 2 aromatic carbocycles. The maximum Gasteiger partial charge on any atom is 0.272 e. The molecule has 0 aliphatic rings. The van der Waals surface area contributed by atoms with Gasteiger partial charge in [-0.25, -0.2) is 10.4 Å². The number of nitrogens with zero attached hydrogens (tertiary/aromatic N) is 4. The largest absolute Gasteiger partial charge is 0.493 e. The fourth-order valence-corrected chi connectivity index (χ4v) is 3.63. The Hall–Kier alpha value is -4.20. The normalized spacial score (nSPS) is 11.2. The van der Waals surface area contributed by atoms with Gasteiger partial charge < -0.3 is 9.47 Å². The van der Waals surface area contributed by atoms with Gasteiger partial charge in [0.2, 0.25) is 0 Å². The molecule has 33 heavy (non-hydrogen) atoms. The van der Waals surface area contributed by atoms with E-state index in [2.05, 4.69) is 15.6 Å². The monoisotopic (exact) mass is 443 g/mol. The number of fused-ring (bicyclic) bond motifs is 1. The number of rotatable bonds is 7. The number of amides is 1. The second-order valence-electron chi connectivity index (χ2n) is 7.34. The van der Waals surface area contributed by atoms with Crippen molar-refractivity contribution in [2.75, 3.05) is 14.2 Å². The van der Waals surface area contributed by atoms with Crippen LogP contribution in [-0.4, -0.2) is 41.1 Å². The molecule has 1 N–H and O–H groups in total. The quantitative estimate of drug-likeness (QED) is 0.341. The zero-order valence-electron chi connectivity index (χ0n) is 19.0. The average Bonchev–Trinajstić information content (AvgIpc) is 3.21. The average molecular weight is 444 g/mol. The second-order valence-corrected chi connectivity index (χ2v) is 7.34. The van der Waals surface area contributed by atoms with Gasteiger partial charge >= 0.3 is 0 Å². The number of para-hydroxylation sites is 1. The summed E-state index contributed by atoms with van der Waals surface area (Å²) < 4.78 is 12.6. The molecule has 8 nitrogen and oxygen atoms in total. The first kappa shape index (κ1) is 22.0. The van der Waals surface area contributed by atoms with Crippen molar-refractivity contribution in [3.63, 3.8) is 0 Å². The van der Waals surface area contributed by atoms with Crippen molar-refractivity contribution in [3.8, 4) is 22.8 Å². The van der Waals surface area contributed by atoms with Gasteiger partial charge in [-0.3, -0.25) is 9.48 Å². The molecule has 4 aromatic rings. The van der Waals surface area contributed by atoms with E-state index < -0.39 is 0 Å². The van der Waals surface area contributed by atoms with E-state index in [1.54, 1.807) is 32.7 Å². The van der Waals surface area contributed by atoms with Crippen LogP contribution in [0.3, 0.4) is 0 Å². The molecule has 2 aromatic heterocycles. The smallest absolute Gasteiger partial charge is 0.272 e. The maximum atomic E-state index is 13.1. The molecule has 2 heterocycles. The van der Waals surface area contributed by atoms with Crippen molar-refractivity contribution >= 4 is 23.0 Å². The standard InChI is InChI=1S/C25H25N5O3/c1-5-30-16(2)18(15-27-30)14-26-29-25(31)20-13-22(28-21-9-7-6-8-19(20)21)17-10-11-23(32-3)24(12-17)33-4/h6-15H,5H2,1-4H3,(H,29,31)/b26-14-. The number of pyridine rings is 1. The number of aryl methyl sites for hydroxylation is 1. The molecule has 0 saturated carbocycles. The van der Waals surface area contributed by atoms with Gasteiger partial charge in [-0.05, 0) is 44.2 Å². The van der Waals surface area contributed by atoms with E-state index in [1.807, 2.05) is 61.0 Å². The first-order valence-corrected chi connectivity index (χ1v) is 10.5. The van der Waals surface area contributed by atoms with Crippen molar-refractivity contribution in [1.82, 2.24) is 20.2 Å². The lowest BCUT2D eigenvalue weighted by Crippen LogP contribution is -2.18. The number of ether oxygens (including phenoxy) is 2. The van der Waals surface area contributed by atoms with Crippen LogP contribution < -0.4 is 14.9 Å². The molecule has 0 fully saturated rings. The topological polar surface area (TPSA) is 90.6 Å². The number of hydrazone groups is 1. The molecule has 0 aliphatic carbocycles. The molecule has 0 saturated heterocycles. The molecule has 168 valence electrons. The van der Waals surface area contributed by atoms with Crippen LogP contribution in [0.2, 0.25) is 0 Å². The summed E-state index contributed by atoms with van der Waals surface area (Å²) in [4.78, 5) is 17.8. The van der Waals surface area contributed by atoms with Gasteiger partial charge in [-0.15, -0.1) is 0 Å². The zero-order chi connectivity index (χ0) is 23.4. The molecular formula is C25H25N5O3. The van der Waals surface area contributed by atoms with Gasteiger partial charge in [0.05, 0.1) is 43.4 Å².